The molecule has 0 radical (unpaired) electrons. The van der Waals surface area contributed by atoms with Gasteiger partial charge in [-0.05, 0) is 76.3 Å². The maximum absolute atomic E-state index is 3.41. The molecule has 1 N–H and O–H groups in total. The maximum Gasteiger partial charge on any atom is 0.0398 e. The molecule has 19 heavy (non-hydrogen) atoms. The zero-order valence-corrected chi connectivity index (χ0v) is 13.1. The lowest BCUT2D eigenvalue weighted by atomic mass is 9.90. The van der Waals surface area contributed by atoms with Crippen LogP contribution in [0.2, 0.25) is 0 Å². The van der Waals surface area contributed by atoms with Crippen molar-refractivity contribution in [1.29, 1.82) is 0 Å². The fourth-order valence-electron chi connectivity index (χ4n) is 3.27. The molecule has 2 rings (SSSR count). The third-order valence-corrected chi connectivity index (χ3v) is 4.84. The van der Waals surface area contributed by atoms with Crippen LogP contribution in [0, 0.1) is 20.8 Å². The second kappa shape index (κ2) is 5.96. The van der Waals surface area contributed by atoms with Gasteiger partial charge in [0.15, 0.2) is 0 Å². The van der Waals surface area contributed by atoms with E-state index >= 15 is 0 Å². The molecule has 1 aliphatic carbocycles. The first-order valence-electron chi connectivity index (χ1n) is 7.51. The highest BCUT2D eigenvalue weighted by Gasteiger charge is 2.24. The molecule has 1 saturated carbocycles. The summed E-state index contributed by atoms with van der Waals surface area (Å²) >= 11 is 0. The number of hydrogen-bond acceptors (Lipinski definition) is 2. The molecule has 0 unspecified atom stereocenters. The van der Waals surface area contributed by atoms with Crippen molar-refractivity contribution in [3.63, 3.8) is 0 Å². The summed E-state index contributed by atoms with van der Waals surface area (Å²) in [5, 5.41) is 3.41. The Morgan fingerprint density at radius 3 is 2.11 bits per heavy atom. The quantitative estimate of drug-likeness (QED) is 0.893. The standard InChI is InChI=1S/C17H28N2/c1-12-10-14(3)17(11-13(12)2)19(5)16-8-6-15(18-4)7-9-16/h10-11,15-16,18H,6-9H2,1-5H3. The van der Waals surface area contributed by atoms with Gasteiger partial charge in [-0.1, -0.05) is 6.07 Å². The van der Waals surface area contributed by atoms with Crippen molar-refractivity contribution in [2.24, 2.45) is 0 Å². The predicted octanol–water partition coefficient (Wildman–Crippen LogP) is 3.58. The van der Waals surface area contributed by atoms with Crippen LogP contribution >= 0.6 is 0 Å². The molecule has 0 bridgehead atoms. The van der Waals surface area contributed by atoms with Gasteiger partial charge in [0.25, 0.3) is 0 Å². The number of rotatable bonds is 3. The molecule has 0 aromatic heterocycles. The molecule has 1 aromatic carbocycles. The van der Waals surface area contributed by atoms with Gasteiger partial charge in [-0.2, -0.15) is 0 Å². The molecule has 2 heteroatoms. The van der Waals surface area contributed by atoms with Crippen molar-refractivity contribution >= 4 is 5.69 Å². The van der Waals surface area contributed by atoms with E-state index in [1.54, 1.807) is 0 Å². The van der Waals surface area contributed by atoms with Crippen LogP contribution in [-0.4, -0.2) is 26.2 Å². The number of nitrogens with zero attached hydrogens (tertiary/aromatic N) is 1. The topological polar surface area (TPSA) is 15.3 Å². The number of anilines is 1. The Morgan fingerprint density at radius 2 is 1.53 bits per heavy atom. The first kappa shape index (κ1) is 14.4. The molecule has 2 nitrogen and oxygen atoms in total. The molecule has 1 aliphatic rings. The Hall–Kier alpha value is -1.02. The molecule has 1 fully saturated rings. The van der Waals surface area contributed by atoms with Crippen LogP contribution in [0.3, 0.4) is 0 Å². The lowest BCUT2D eigenvalue weighted by molar-refractivity contribution is 0.351. The third kappa shape index (κ3) is 3.11. The van der Waals surface area contributed by atoms with Crippen LogP contribution in [0.5, 0.6) is 0 Å². The Labute approximate surface area is 118 Å². The molecule has 0 heterocycles. The smallest absolute Gasteiger partial charge is 0.0398 e. The summed E-state index contributed by atoms with van der Waals surface area (Å²) in [4.78, 5) is 2.51. The van der Waals surface area contributed by atoms with Crippen molar-refractivity contribution in [2.45, 2.75) is 58.5 Å². The minimum Gasteiger partial charge on any atom is -0.371 e. The molecular weight excluding hydrogens is 232 g/mol. The summed E-state index contributed by atoms with van der Waals surface area (Å²) in [5.41, 5.74) is 5.61. The van der Waals surface area contributed by atoms with Crippen LogP contribution in [0.4, 0.5) is 5.69 Å². The Kier molecular flexibility index (Phi) is 4.51. The summed E-state index contributed by atoms with van der Waals surface area (Å²) in [7, 11) is 4.35. The van der Waals surface area contributed by atoms with Gasteiger partial charge in [0.05, 0.1) is 0 Å². The van der Waals surface area contributed by atoms with E-state index in [1.807, 2.05) is 0 Å². The highest BCUT2D eigenvalue weighted by Crippen LogP contribution is 2.30. The molecule has 1 aromatic rings. The van der Waals surface area contributed by atoms with Crippen molar-refractivity contribution in [1.82, 2.24) is 5.32 Å². The minimum absolute atomic E-state index is 0.699. The predicted molar refractivity (Wildman–Crippen MR) is 84.2 cm³/mol. The van der Waals surface area contributed by atoms with Crippen molar-refractivity contribution in [2.75, 3.05) is 19.0 Å². The first-order valence-corrected chi connectivity index (χ1v) is 7.51. The lowest BCUT2D eigenvalue weighted by Gasteiger charge is -2.37. The molecule has 0 spiro atoms. The highest BCUT2D eigenvalue weighted by molar-refractivity contribution is 5.57. The SMILES string of the molecule is CNC1CCC(N(C)c2cc(C)c(C)cc2C)CC1. The summed E-state index contributed by atoms with van der Waals surface area (Å²) in [6.07, 6.45) is 5.20. The summed E-state index contributed by atoms with van der Waals surface area (Å²) in [6, 6.07) is 6.10. The Bertz CT molecular complexity index is 431. The van der Waals surface area contributed by atoms with Gasteiger partial charge < -0.3 is 10.2 Å². The fraction of sp³-hybridized carbons (Fsp3) is 0.647. The van der Waals surface area contributed by atoms with Gasteiger partial charge in [-0.3, -0.25) is 0 Å². The maximum atomic E-state index is 3.41. The van der Waals surface area contributed by atoms with E-state index in [9.17, 15) is 0 Å². The summed E-state index contributed by atoms with van der Waals surface area (Å²) < 4.78 is 0. The van der Waals surface area contributed by atoms with Crippen LogP contribution in [-0.2, 0) is 0 Å². The zero-order chi connectivity index (χ0) is 14.0. The van der Waals surface area contributed by atoms with E-state index in [0.29, 0.717) is 6.04 Å². The van der Waals surface area contributed by atoms with Crippen LogP contribution in [0.25, 0.3) is 0 Å². The molecule has 0 atom stereocenters. The van der Waals surface area contributed by atoms with Crippen LogP contribution in [0.15, 0.2) is 12.1 Å². The molecule has 106 valence electrons. The normalized spacial score (nSPS) is 23.4. The number of nitrogens with one attached hydrogen (secondary N) is 1. The molecule has 0 saturated heterocycles. The summed E-state index contributed by atoms with van der Waals surface area (Å²) in [6.45, 7) is 6.64. The van der Waals surface area contributed by atoms with E-state index in [1.165, 1.54) is 48.1 Å². The van der Waals surface area contributed by atoms with E-state index in [4.69, 9.17) is 0 Å². The Morgan fingerprint density at radius 1 is 0.947 bits per heavy atom. The number of aryl methyl sites for hydroxylation is 3. The second-order valence-electron chi connectivity index (χ2n) is 6.13. The monoisotopic (exact) mass is 260 g/mol. The van der Waals surface area contributed by atoms with Crippen LogP contribution < -0.4 is 10.2 Å². The van der Waals surface area contributed by atoms with Crippen molar-refractivity contribution in [3.8, 4) is 0 Å². The second-order valence-corrected chi connectivity index (χ2v) is 6.13. The number of hydrogen-bond donors (Lipinski definition) is 1. The van der Waals surface area contributed by atoms with E-state index < -0.39 is 0 Å². The highest BCUT2D eigenvalue weighted by atomic mass is 15.1. The Balaban J connectivity index is 2.12. The average Bonchev–Trinajstić information content (AvgIpc) is 2.42. The van der Waals surface area contributed by atoms with E-state index in [-0.39, 0.29) is 0 Å². The van der Waals surface area contributed by atoms with Crippen LogP contribution in [0.1, 0.15) is 42.4 Å². The van der Waals surface area contributed by atoms with Gasteiger partial charge in [0, 0.05) is 24.8 Å². The molecule has 0 aliphatic heterocycles. The zero-order valence-electron chi connectivity index (χ0n) is 13.1. The fourth-order valence-corrected chi connectivity index (χ4v) is 3.27. The largest absolute Gasteiger partial charge is 0.371 e. The van der Waals surface area contributed by atoms with Gasteiger partial charge in [0.1, 0.15) is 0 Å². The van der Waals surface area contributed by atoms with Crippen molar-refractivity contribution < 1.29 is 0 Å². The van der Waals surface area contributed by atoms with E-state index in [0.717, 1.165) is 6.04 Å². The third-order valence-electron chi connectivity index (χ3n) is 4.84. The van der Waals surface area contributed by atoms with Gasteiger partial charge in [0.2, 0.25) is 0 Å². The lowest BCUT2D eigenvalue weighted by Crippen LogP contribution is -2.40. The van der Waals surface area contributed by atoms with Crippen molar-refractivity contribution in [3.05, 3.63) is 28.8 Å². The first-order chi connectivity index (χ1) is 9.02. The van der Waals surface area contributed by atoms with Gasteiger partial charge in [-0.25, -0.2) is 0 Å². The van der Waals surface area contributed by atoms with E-state index in [2.05, 4.69) is 57.2 Å². The molecular formula is C17H28N2. The van der Waals surface area contributed by atoms with Gasteiger partial charge >= 0.3 is 0 Å². The average molecular weight is 260 g/mol. The van der Waals surface area contributed by atoms with Gasteiger partial charge in [-0.15, -0.1) is 0 Å². The molecule has 0 amide bonds. The summed E-state index contributed by atoms with van der Waals surface area (Å²) in [5.74, 6) is 0. The number of benzene rings is 1. The minimum atomic E-state index is 0.699.